The molecule has 1 aromatic carbocycles. The predicted octanol–water partition coefficient (Wildman–Crippen LogP) is 2.35. The summed E-state index contributed by atoms with van der Waals surface area (Å²) in [4.78, 5) is 0. The van der Waals surface area contributed by atoms with Crippen LogP contribution in [0.15, 0.2) is 12.1 Å². The fourth-order valence-corrected chi connectivity index (χ4v) is 1.85. The maximum absolute atomic E-state index is 9.74. The van der Waals surface area contributed by atoms with Gasteiger partial charge < -0.3 is 24.6 Å². The van der Waals surface area contributed by atoms with Gasteiger partial charge in [0.05, 0.1) is 26.4 Å². The van der Waals surface area contributed by atoms with Gasteiger partial charge in [-0.2, -0.15) is 0 Å². The van der Waals surface area contributed by atoms with E-state index < -0.39 is 5.60 Å². The molecule has 0 unspecified atom stereocenters. The van der Waals surface area contributed by atoms with Gasteiger partial charge in [-0.1, -0.05) is 6.92 Å². The standard InChI is InChI=1S/C16H27NO4/c1-6-17-11-12-9-13(19-4)15(14(10-12)20-5)21-8-7-16(2,3)18/h9-10,17-18H,6-8,11H2,1-5H3. The van der Waals surface area contributed by atoms with Gasteiger partial charge in [-0.05, 0) is 38.1 Å². The zero-order valence-corrected chi connectivity index (χ0v) is 13.7. The molecule has 0 atom stereocenters. The van der Waals surface area contributed by atoms with Crippen molar-refractivity contribution < 1.29 is 19.3 Å². The number of hydrogen-bond acceptors (Lipinski definition) is 5. The molecule has 0 aliphatic heterocycles. The lowest BCUT2D eigenvalue weighted by molar-refractivity contribution is 0.0544. The largest absolute Gasteiger partial charge is 0.493 e. The van der Waals surface area contributed by atoms with Crippen molar-refractivity contribution in [2.75, 3.05) is 27.4 Å². The minimum atomic E-state index is -0.758. The van der Waals surface area contributed by atoms with Gasteiger partial charge in [0, 0.05) is 13.0 Å². The van der Waals surface area contributed by atoms with Gasteiger partial charge >= 0.3 is 0 Å². The number of aliphatic hydroxyl groups is 1. The smallest absolute Gasteiger partial charge is 0.203 e. The zero-order chi connectivity index (χ0) is 15.9. The van der Waals surface area contributed by atoms with Crippen molar-refractivity contribution in [2.24, 2.45) is 0 Å². The summed E-state index contributed by atoms with van der Waals surface area (Å²) in [6.07, 6.45) is 0.526. The van der Waals surface area contributed by atoms with Gasteiger partial charge in [-0.3, -0.25) is 0 Å². The van der Waals surface area contributed by atoms with E-state index in [9.17, 15) is 5.11 Å². The highest BCUT2D eigenvalue weighted by Gasteiger charge is 2.17. The second kappa shape index (κ2) is 8.10. The SMILES string of the molecule is CCNCc1cc(OC)c(OCCC(C)(C)O)c(OC)c1. The first-order chi connectivity index (χ1) is 9.91. The van der Waals surface area contributed by atoms with E-state index in [1.807, 2.05) is 12.1 Å². The zero-order valence-electron chi connectivity index (χ0n) is 13.7. The molecule has 120 valence electrons. The lowest BCUT2D eigenvalue weighted by Crippen LogP contribution is -2.22. The molecular weight excluding hydrogens is 270 g/mol. The Morgan fingerprint density at radius 3 is 2.14 bits per heavy atom. The highest BCUT2D eigenvalue weighted by molar-refractivity contribution is 5.53. The third-order valence-corrected chi connectivity index (χ3v) is 3.06. The molecule has 0 amide bonds. The number of methoxy groups -OCH3 is 2. The highest BCUT2D eigenvalue weighted by atomic mass is 16.5. The average molecular weight is 297 g/mol. The quantitative estimate of drug-likeness (QED) is 0.733. The van der Waals surface area contributed by atoms with E-state index in [0.717, 1.165) is 18.7 Å². The van der Waals surface area contributed by atoms with E-state index in [-0.39, 0.29) is 0 Å². The van der Waals surface area contributed by atoms with E-state index in [0.29, 0.717) is 30.3 Å². The molecule has 5 nitrogen and oxygen atoms in total. The van der Waals surface area contributed by atoms with Crippen molar-refractivity contribution >= 4 is 0 Å². The van der Waals surface area contributed by atoms with E-state index in [2.05, 4.69) is 12.2 Å². The molecule has 0 bridgehead atoms. The summed E-state index contributed by atoms with van der Waals surface area (Å²) in [5.74, 6) is 1.85. The number of hydrogen-bond donors (Lipinski definition) is 2. The molecule has 0 radical (unpaired) electrons. The van der Waals surface area contributed by atoms with Crippen LogP contribution in [-0.4, -0.2) is 38.1 Å². The molecule has 21 heavy (non-hydrogen) atoms. The molecule has 5 heteroatoms. The van der Waals surface area contributed by atoms with Crippen molar-refractivity contribution in [3.63, 3.8) is 0 Å². The van der Waals surface area contributed by atoms with Crippen molar-refractivity contribution in [2.45, 2.75) is 39.3 Å². The third kappa shape index (κ3) is 5.81. The first kappa shape index (κ1) is 17.6. The first-order valence-electron chi connectivity index (χ1n) is 7.22. The Morgan fingerprint density at radius 1 is 1.14 bits per heavy atom. The summed E-state index contributed by atoms with van der Waals surface area (Å²) in [5.41, 5.74) is 0.311. The van der Waals surface area contributed by atoms with Gasteiger partial charge in [-0.25, -0.2) is 0 Å². The molecule has 0 aromatic heterocycles. The van der Waals surface area contributed by atoms with Gasteiger partial charge in [0.25, 0.3) is 0 Å². The highest BCUT2D eigenvalue weighted by Crippen LogP contribution is 2.38. The van der Waals surface area contributed by atoms with Crippen molar-refractivity contribution in [3.8, 4) is 17.2 Å². The summed E-state index contributed by atoms with van der Waals surface area (Å²) >= 11 is 0. The van der Waals surface area contributed by atoms with E-state index >= 15 is 0 Å². The summed E-state index contributed by atoms with van der Waals surface area (Å²) in [6.45, 7) is 7.60. The van der Waals surface area contributed by atoms with Crippen molar-refractivity contribution in [1.82, 2.24) is 5.32 Å². The van der Waals surface area contributed by atoms with Gasteiger partial charge in [-0.15, -0.1) is 0 Å². The Bertz CT molecular complexity index is 415. The summed E-state index contributed by atoms with van der Waals surface area (Å²) in [6, 6.07) is 3.87. The van der Waals surface area contributed by atoms with Crippen LogP contribution in [0.25, 0.3) is 0 Å². The Hall–Kier alpha value is -1.46. The minimum Gasteiger partial charge on any atom is -0.493 e. The van der Waals surface area contributed by atoms with E-state index in [4.69, 9.17) is 14.2 Å². The third-order valence-electron chi connectivity index (χ3n) is 3.06. The Balaban J connectivity index is 2.90. The van der Waals surface area contributed by atoms with Gasteiger partial charge in [0.1, 0.15) is 0 Å². The topological polar surface area (TPSA) is 60.0 Å². The molecule has 0 spiro atoms. The normalized spacial score (nSPS) is 11.3. The molecule has 1 aromatic rings. The number of benzene rings is 1. The van der Waals surface area contributed by atoms with Gasteiger partial charge in [0.2, 0.25) is 5.75 Å². The molecule has 0 heterocycles. The minimum absolute atomic E-state index is 0.392. The Labute approximate surface area is 127 Å². The van der Waals surface area contributed by atoms with Crippen molar-refractivity contribution in [1.29, 1.82) is 0 Å². The van der Waals surface area contributed by atoms with Crippen LogP contribution in [0.3, 0.4) is 0 Å². The van der Waals surface area contributed by atoms with Crippen LogP contribution >= 0.6 is 0 Å². The van der Waals surface area contributed by atoms with Crippen LogP contribution < -0.4 is 19.5 Å². The first-order valence-corrected chi connectivity index (χ1v) is 7.22. The van der Waals surface area contributed by atoms with Crippen LogP contribution in [0.5, 0.6) is 17.2 Å². The lowest BCUT2D eigenvalue weighted by Gasteiger charge is -2.20. The molecule has 1 rings (SSSR count). The summed E-state index contributed by atoms with van der Waals surface area (Å²) in [7, 11) is 3.21. The fraction of sp³-hybridized carbons (Fsp3) is 0.625. The Kier molecular flexibility index (Phi) is 6.78. The van der Waals surface area contributed by atoms with Crippen LogP contribution in [-0.2, 0) is 6.54 Å². The monoisotopic (exact) mass is 297 g/mol. The number of rotatable bonds is 9. The molecule has 0 fully saturated rings. The van der Waals surface area contributed by atoms with Crippen LogP contribution in [0.2, 0.25) is 0 Å². The lowest BCUT2D eigenvalue weighted by atomic mass is 10.1. The number of nitrogens with one attached hydrogen (secondary N) is 1. The molecule has 2 N–H and O–H groups in total. The average Bonchev–Trinajstić information content (AvgIpc) is 2.44. The fourth-order valence-electron chi connectivity index (χ4n) is 1.85. The summed E-state index contributed by atoms with van der Waals surface area (Å²) < 4.78 is 16.5. The second-order valence-corrected chi connectivity index (χ2v) is 5.52. The van der Waals surface area contributed by atoms with Crippen LogP contribution in [0, 0.1) is 0 Å². The predicted molar refractivity (Wildman–Crippen MR) is 83.3 cm³/mol. The van der Waals surface area contributed by atoms with E-state index in [1.165, 1.54) is 0 Å². The Morgan fingerprint density at radius 2 is 1.71 bits per heavy atom. The van der Waals surface area contributed by atoms with Crippen LogP contribution in [0.4, 0.5) is 0 Å². The van der Waals surface area contributed by atoms with Gasteiger partial charge in [0.15, 0.2) is 11.5 Å². The maximum Gasteiger partial charge on any atom is 0.203 e. The molecule has 0 saturated carbocycles. The molecule has 0 aliphatic rings. The molecule has 0 aliphatic carbocycles. The van der Waals surface area contributed by atoms with E-state index in [1.54, 1.807) is 28.1 Å². The second-order valence-electron chi connectivity index (χ2n) is 5.52. The molecule has 0 saturated heterocycles. The summed E-state index contributed by atoms with van der Waals surface area (Å²) in [5, 5.41) is 13.0. The maximum atomic E-state index is 9.74. The number of ether oxygens (including phenoxy) is 3. The molecular formula is C16H27NO4. The van der Waals surface area contributed by atoms with Crippen LogP contribution in [0.1, 0.15) is 32.8 Å². The van der Waals surface area contributed by atoms with Crippen molar-refractivity contribution in [3.05, 3.63) is 17.7 Å².